The maximum absolute atomic E-state index is 10.9. The number of aliphatic hydroxyl groups is 1. The second-order valence-electron chi connectivity index (χ2n) is 7.51. The van der Waals surface area contributed by atoms with Crippen LogP contribution >= 0.6 is 23.2 Å². The number of benzene rings is 2. The molecule has 0 amide bonds. The van der Waals surface area contributed by atoms with E-state index in [4.69, 9.17) is 28.3 Å². The highest BCUT2D eigenvalue weighted by Crippen LogP contribution is 2.42. The smallest absolute Gasteiger partial charge is 0.104 e. The molecule has 3 aromatic rings. The van der Waals surface area contributed by atoms with Gasteiger partial charge in [-0.15, -0.1) is 0 Å². The van der Waals surface area contributed by atoms with Crippen molar-refractivity contribution in [3.05, 3.63) is 74.4 Å². The molecule has 0 saturated heterocycles. The third kappa shape index (κ3) is 3.04. The van der Waals surface area contributed by atoms with Gasteiger partial charge in [-0.2, -0.15) is 10.4 Å². The van der Waals surface area contributed by atoms with Gasteiger partial charge < -0.3 is 10.4 Å². The van der Waals surface area contributed by atoms with E-state index in [-0.39, 0.29) is 6.04 Å². The van der Waals surface area contributed by atoms with Gasteiger partial charge in [0.2, 0.25) is 0 Å². The Morgan fingerprint density at radius 3 is 2.90 bits per heavy atom. The lowest BCUT2D eigenvalue weighted by atomic mass is 10.00. The predicted octanol–water partition coefficient (Wildman–Crippen LogP) is 3.88. The van der Waals surface area contributed by atoms with Gasteiger partial charge in [0.15, 0.2) is 0 Å². The Morgan fingerprint density at radius 2 is 2.07 bits per heavy atom. The monoisotopic (exact) mass is 424 g/mol. The zero-order valence-corrected chi connectivity index (χ0v) is 17.0. The molecule has 5 nitrogen and oxygen atoms in total. The summed E-state index contributed by atoms with van der Waals surface area (Å²) in [6.07, 6.45) is 0.660. The van der Waals surface area contributed by atoms with E-state index in [1.54, 1.807) is 12.1 Å². The summed E-state index contributed by atoms with van der Waals surface area (Å²) in [7, 11) is 0. The number of aromatic nitrogens is 2. The van der Waals surface area contributed by atoms with Crippen LogP contribution in [0.1, 0.15) is 34.0 Å². The lowest BCUT2D eigenvalue weighted by Crippen LogP contribution is -2.29. The molecule has 2 atom stereocenters. The van der Waals surface area contributed by atoms with Gasteiger partial charge in [-0.3, -0.25) is 4.68 Å². The minimum absolute atomic E-state index is 0.332. The first kappa shape index (κ1) is 18.7. The SMILES string of the molecule is N#Cc1cccc(-c2nn(C3c4cc(Cl)cc(Cl)c4C[C@H]3O)c3c2CNCC3)c1. The highest BCUT2D eigenvalue weighted by Gasteiger charge is 2.37. The Balaban J connectivity index is 1.70. The molecule has 0 fully saturated rings. The molecule has 7 heteroatoms. The van der Waals surface area contributed by atoms with Crippen LogP contribution in [0.15, 0.2) is 36.4 Å². The third-order valence-corrected chi connectivity index (χ3v) is 6.33. The Hall–Kier alpha value is -2.36. The minimum atomic E-state index is -0.627. The summed E-state index contributed by atoms with van der Waals surface area (Å²) in [5, 5.41) is 29.7. The fourth-order valence-electron chi connectivity index (χ4n) is 4.50. The Morgan fingerprint density at radius 1 is 1.21 bits per heavy atom. The second kappa shape index (κ2) is 7.16. The van der Waals surface area contributed by atoms with E-state index >= 15 is 0 Å². The van der Waals surface area contributed by atoms with Gasteiger partial charge in [-0.1, -0.05) is 35.3 Å². The van der Waals surface area contributed by atoms with E-state index in [1.165, 1.54) is 0 Å². The molecule has 1 aliphatic carbocycles. The minimum Gasteiger partial charge on any atom is -0.390 e. The quantitative estimate of drug-likeness (QED) is 0.654. The van der Waals surface area contributed by atoms with Crippen molar-refractivity contribution < 1.29 is 5.11 Å². The number of halogens is 2. The summed E-state index contributed by atoms with van der Waals surface area (Å²) in [5.74, 6) is 0. The van der Waals surface area contributed by atoms with E-state index in [2.05, 4.69) is 11.4 Å². The van der Waals surface area contributed by atoms with Crippen molar-refractivity contribution >= 4 is 23.2 Å². The van der Waals surface area contributed by atoms with Crippen molar-refractivity contribution in [1.82, 2.24) is 15.1 Å². The van der Waals surface area contributed by atoms with E-state index in [1.807, 2.05) is 28.9 Å². The fraction of sp³-hybridized carbons (Fsp3) is 0.273. The number of nitrogens with zero attached hydrogens (tertiary/aromatic N) is 3. The summed E-state index contributed by atoms with van der Waals surface area (Å²) < 4.78 is 1.95. The molecule has 0 radical (unpaired) electrons. The molecule has 5 rings (SSSR count). The van der Waals surface area contributed by atoms with Gasteiger partial charge in [0.1, 0.15) is 6.04 Å². The number of nitriles is 1. The molecule has 29 heavy (non-hydrogen) atoms. The summed E-state index contributed by atoms with van der Waals surface area (Å²) >= 11 is 12.7. The second-order valence-corrected chi connectivity index (χ2v) is 8.35. The van der Waals surface area contributed by atoms with Crippen LogP contribution in [-0.4, -0.2) is 27.5 Å². The molecule has 2 heterocycles. The van der Waals surface area contributed by atoms with Gasteiger partial charge in [-0.25, -0.2) is 0 Å². The summed E-state index contributed by atoms with van der Waals surface area (Å²) in [6, 6.07) is 12.9. The van der Waals surface area contributed by atoms with Crippen molar-refractivity contribution in [3.63, 3.8) is 0 Å². The third-order valence-electron chi connectivity index (χ3n) is 5.78. The molecule has 0 spiro atoms. The van der Waals surface area contributed by atoms with Crippen LogP contribution in [0.4, 0.5) is 0 Å². The standard InChI is InChI=1S/C22H18Cl2N4O/c23-14-7-16-15(18(24)8-14)9-20(29)22(16)28-19-4-5-26-11-17(19)21(27-28)13-3-1-2-12(6-13)10-25/h1-3,6-8,20,22,26,29H,4-5,9,11H2/t20-,22?/m1/s1. The van der Waals surface area contributed by atoms with Crippen LogP contribution in [0.3, 0.4) is 0 Å². The Kier molecular flexibility index (Phi) is 4.60. The highest BCUT2D eigenvalue weighted by molar-refractivity contribution is 6.35. The van der Waals surface area contributed by atoms with Gasteiger partial charge in [0.25, 0.3) is 0 Å². The summed E-state index contributed by atoms with van der Waals surface area (Å²) in [5.41, 5.74) is 6.42. The molecular weight excluding hydrogens is 407 g/mol. The largest absolute Gasteiger partial charge is 0.390 e. The number of aliphatic hydroxyl groups excluding tert-OH is 1. The van der Waals surface area contributed by atoms with Crippen LogP contribution in [0.2, 0.25) is 10.0 Å². The predicted molar refractivity (Wildman–Crippen MR) is 112 cm³/mol. The number of hydrogen-bond donors (Lipinski definition) is 2. The lowest BCUT2D eigenvalue weighted by molar-refractivity contribution is 0.137. The van der Waals surface area contributed by atoms with Gasteiger partial charge in [0, 0.05) is 52.8 Å². The molecule has 1 unspecified atom stereocenters. The van der Waals surface area contributed by atoms with Crippen LogP contribution < -0.4 is 5.32 Å². The zero-order valence-electron chi connectivity index (χ0n) is 15.5. The summed E-state index contributed by atoms with van der Waals surface area (Å²) in [6.45, 7) is 1.55. The Labute approximate surface area is 178 Å². The number of rotatable bonds is 2. The molecule has 2 aliphatic rings. The molecule has 146 valence electrons. The maximum atomic E-state index is 10.9. The van der Waals surface area contributed by atoms with Crippen LogP contribution in [0, 0.1) is 11.3 Å². The normalized spacial score (nSPS) is 20.2. The molecular formula is C22H18Cl2N4O. The zero-order chi connectivity index (χ0) is 20.1. The average molecular weight is 425 g/mol. The van der Waals surface area contributed by atoms with Gasteiger partial charge in [-0.05, 0) is 35.4 Å². The first-order valence-corrected chi connectivity index (χ1v) is 10.3. The van der Waals surface area contributed by atoms with Crippen LogP contribution in [0.5, 0.6) is 0 Å². The van der Waals surface area contributed by atoms with E-state index in [9.17, 15) is 10.4 Å². The van der Waals surface area contributed by atoms with Crippen LogP contribution in [0.25, 0.3) is 11.3 Å². The van der Waals surface area contributed by atoms with Gasteiger partial charge >= 0.3 is 0 Å². The number of fused-ring (bicyclic) bond motifs is 2. The topological polar surface area (TPSA) is 73.9 Å². The molecule has 0 saturated carbocycles. The first-order chi connectivity index (χ1) is 14.1. The summed E-state index contributed by atoms with van der Waals surface area (Å²) in [4.78, 5) is 0. The van der Waals surface area contributed by atoms with Gasteiger partial charge in [0.05, 0.1) is 23.4 Å². The highest BCUT2D eigenvalue weighted by atomic mass is 35.5. The van der Waals surface area contributed by atoms with Crippen LogP contribution in [-0.2, 0) is 19.4 Å². The molecule has 0 bridgehead atoms. The van der Waals surface area contributed by atoms with E-state index < -0.39 is 6.10 Å². The molecule has 2 N–H and O–H groups in total. The van der Waals surface area contributed by atoms with Crippen molar-refractivity contribution in [2.75, 3.05) is 6.54 Å². The molecule has 2 aromatic carbocycles. The number of hydrogen-bond acceptors (Lipinski definition) is 4. The van der Waals surface area contributed by atoms with E-state index in [0.29, 0.717) is 28.6 Å². The van der Waals surface area contributed by atoms with Crippen molar-refractivity contribution in [2.45, 2.75) is 31.5 Å². The molecule has 1 aromatic heterocycles. The fourth-order valence-corrected chi connectivity index (χ4v) is 5.08. The number of nitrogens with one attached hydrogen (secondary N) is 1. The van der Waals surface area contributed by atoms with Crippen molar-refractivity contribution in [1.29, 1.82) is 5.26 Å². The maximum Gasteiger partial charge on any atom is 0.104 e. The lowest BCUT2D eigenvalue weighted by Gasteiger charge is -2.22. The first-order valence-electron chi connectivity index (χ1n) is 9.54. The Bertz CT molecular complexity index is 1160. The average Bonchev–Trinajstić information content (AvgIpc) is 3.25. The van der Waals surface area contributed by atoms with Crippen molar-refractivity contribution in [3.8, 4) is 17.3 Å². The molecule has 1 aliphatic heterocycles. The van der Waals surface area contributed by atoms with Crippen molar-refractivity contribution in [2.24, 2.45) is 0 Å². The van der Waals surface area contributed by atoms with E-state index in [0.717, 1.165) is 46.6 Å².